The number of furan rings is 1. The maximum Gasteiger partial charge on any atom is 0.154 e. The molecule has 1 aliphatic carbocycles. The van der Waals surface area contributed by atoms with Crippen molar-refractivity contribution < 1.29 is 4.42 Å². The molecule has 0 aliphatic heterocycles. The topological polar surface area (TPSA) is 25.2 Å². The predicted octanol–water partition coefficient (Wildman–Crippen LogP) is 5.19. The van der Waals surface area contributed by atoms with E-state index in [4.69, 9.17) is 27.6 Å². The molecule has 0 saturated heterocycles. The van der Waals surface area contributed by atoms with Gasteiger partial charge in [-0.25, -0.2) is 0 Å². The van der Waals surface area contributed by atoms with Gasteiger partial charge in [0.05, 0.1) is 11.6 Å². The average molecular weight is 312 g/mol. The maximum absolute atomic E-state index is 6.28. The Morgan fingerprint density at radius 1 is 1.30 bits per heavy atom. The second-order valence-corrected chi connectivity index (χ2v) is 6.78. The molecule has 1 fully saturated rings. The first kappa shape index (κ1) is 14.2. The summed E-state index contributed by atoms with van der Waals surface area (Å²) in [5, 5.41) is 5.68. The molecule has 1 N–H and O–H groups in total. The highest BCUT2D eigenvalue weighted by Gasteiger charge is 2.23. The largest absolute Gasteiger partial charge is 0.458 e. The van der Waals surface area contributed by atoms with E-state index in [-0.39, 0.29) is 0 Å². The molecule has 2 aromatic rings. The van der Waals surface area contributed by atoms with Gasteiger partial charge >= 0.3 is 0 Å². The normalized spacial score (nSPS) is 15.4. The molecule has 3 rings (SSSR count). The number of benzene rings is 1. The van der Waals surface area contributed by atoms with Crippen molar-refractivity contribution in [3.05, 3.63) is 33.5 Å². The van der Waals surface area contributed by atoms with Crippen LogP contribution >= 0.6 is 23.2 Å². The molecule has 4 heteroatoms. The Morgan fingerprint density at radius 2 is 2.05 bits per heavy atom. The van der Waals surface area contributed by atoms with Crippen molar-refractivity contribution in [2.45, 2.75) is 45.7 Å². The van der Waals surface area contributed by atoms with E-state index in [2.05, 4.69) is 19.2 Å². The third-order valence-corrected chi connectivity index (χ3v) is 4.46. The van der Waals surface area contributed by atoms with Crippen LogP contribution in [0, 0.1) is 5.92 Å². The number of nitrogens with one attached hydrogen (secondary N) is 1. The first-order valence-corrected chi connectivity index (χ1v) is 7.93. The van der Waals surface area contributed by atoms with E-state index in [1.807, 2.05) is 12.1 Å². The van der Waals surface area contributed by atoms with Crippen molar-refractivity contribution in [1.82, 2.24) is 5.32 Å². The smallest absolute Gasteiger partial charge is 0.154 e. The highest BCUT2D eigenvalue weighted by molar-refractivity contribution is 6.44. The van der Waals surface area contributed by atoms with Crippen molar-refractivity contribution in [3.8, 4) is 0 Å². The van der Waals surface area contributed by atoms with Gasteiger partial charge in [-0.15, -0.1) is 0 Å². The van der Waals surface area contributed by atoms with Crippen LogP contribution in [0.5, 0.6) is 0 Å². The van der Waals surface area contributed by atoms with Gasteiger partial charge in [0.1, 0.15) is 10.8 Å². The molecule has 0 atom stereocenters. The number of hydrogen-bond donors (Lipinski definition) is 1. The van der Waals surface area contributed by atoms with Gasteiger partial charge in [0, 0.05) is 17.0 Å². The number of fused-ring (bicyclic) bond motifs is 1. The molecule has 0 bridgehead atoms. The van der Waals surface area contributed by atoms with Crippen molar-refractivity contribution in [1.29, 1.82) is 0 Å². The zero-order valence-corrected chi connectivity index (χ0v) is 13.3. The standard InChI is InChI=1S/C16H19Cl2NO/c1-9(2)7-12-11-5-6-13(17)15(18)16(11)20-14(12)8-19-10-3-4-10/h5-6,9-10,19H,3-4,7-8H2,1-2H3. The highest BCUT2D eigenvalue weighted by atomic mass is 35.5. The number of hydrogen-bond acceptors (Lipinski definition) is 2. The van der Waals surface area contributed by atoms with Gasteiger partial charge in [-0.3, -0.25) is 0 Å². The van der Waals surface area contributed by atoms with Crippen molar-refractivity contribution in [2.75, 3.05) is 0 Å². The average Bonchev–Trinajstić information content (AvgIpc) is 3.16. The van der Waals surface area contributed by atoms with Crippen molar-refractivity contribution in [3.63, 3.8) is 0 Å². The first-order chi connectivity index (χ1) is 9.56. The van der Waals surface area contributed by atoms with E-state index in [1.165, 1.54) is 18.4 Å². The van der Waals surface area contributed by atoms with Crippen LogP contribution in [0.2, 0.25) is 10.0 Å². The lowest BCUT2D eigenvalue weighted by Gasteiger charge is -2.07. The van der Waals surface area contributed by atoms with Crippen molar-refractivity contribution >= 4 is 34.2 Å². The summed E-state index contributed by atoms with van der Waals surface area (Å²) in [6.07, 6.45) is 3.53. The SMILES string of the molecule is CC(C)Cc1c(CNC2CC2)oc2c(Cl)c(Cl)ccc12. The third-order valence-electron chi connectivity index (χ3n) is 3.68. The summed E-state index contributed by atoms with van der Waals surface area (Å²) in [5.74, 6) is 1.58. The van der Waals surface area contributed by atoms with E-state index in [1.54, 1.807) is 0 Å². The molecule has 1 aliphatic rings. The van der Waals surface area contributed by atoms with E-state index < -0.39 is 0 Å². The quantitative estimate of drug-likeness (QED) is 0.822. The van der Waals surface area contributed by atoms with Gasteiger partial charge in [-0.1, -0.05) is 37.0 Å². The number of halogens is 2. The molecule has 0 radical (unpaired) electrons. The monoisotopic (exact) mass is 311 g/mol. The molecule has 0 unspecified atom stereocenters. The van der Waals surface area contributed by atoms with E-state index in [0.29, 0.717) is 22.0 Å². The zero-order chi connectivity index (χ0) is 14.3. The molecule has 1 saturated carbocycles. The van der Waals surface area contributed by atoms with E-state index in [0.717, 1.165) is 29.7 Å². The van der Waals surface area contributed by atoms with Gasteiger partial charge in [-0.05, 0) is 37.3 Å². The summed E-state index contributed by atoms with van der Waals surface area (Å²) in [4.78, 5) is 0. The second-order valence-electron chi connectivity index (χ2n) is 5.99. The summed E-state index contributed by atoms with van der Waals surface area (Å²) in [5.41, 5.74) is 1.99. The number of rotatable bonds is 5. The minimum Gasteiger partial charge on any atom is -0.458 e. The fourth-order valence-corrected chi connectivity index (χ4v) is 2.86. The van der Waals surface area contributed by atoms with E-state index in [9.17, 15) is 0 Å². The van der Waals surface area contributed by atoms with Crippen LogP contribution in [0.3, 0.4) is 0 Å². The summed E-state index contributed by atoms with van der Waals surface area (Å²) >= 11 is 12.4. The predicted molar refractivity (Wildman–Crippen MR) is 84.6 cm³/mol. The van der Waals surface area contributed by atoms with Crippen LogP contribution in [0.4, 0.5) is 0 Å². The Labute approximate surface area is 129 Å². The first-order valence-electron chi connectivity index (χ1n) is 7.18. The molecule has 1 heterocycles. The van der Waals surface area contributed by atoms with Crippen LogP contribution in [-0.4, -0.2) is 6.04 Å². The van der Waals surface area contributed by atoms with Crippen LogP contribution in [-0.2, 0) is 13.0 Å². The highest BCUT2D eigenvalue weighted by Crippen LogP contribution is 2.37. The van der Waals surface area contributed by atoms with Crippen LogP contribution in [0.1, 0.15) is 38.0 Å². The van der Waals surface area contributed by atoms with Crippen LogP contribution in [0.25, 0.3) is 11.0 Å². The molecule has 1 aromatic heterocycles. The Balaban J connectivity index is 2.02. The van der Waals surface area contributed by atoms with Gasteiger partial charge in [0.25, 0.3) is 0 Å². The molecule has 0 spiro atoms. The minimum absolute atomic E-state index is 0.520. The lowest BCUT2D eigenvalue weighted by atomic mass is 10.00. The molecule has 1 aromatic carbocycles. The maximum atomic E-state index is 6.28. The van der Waals surface area contributed by atoms with E-state index >= 15 is 0 Å². The van der Waals surface area contributed by atoms with Gasteiger partial charge in [0.15, 0.2) is 5.58 Å². The van der Waals surface area contributed by atoms with Gasteiger partial charge in [0.2, 0.25) is 0 Å². The molecule has 2 nitrogen and oxygen atoms in total. The summed E-state index contributed by atoms with van der Waals surface area (Å²) in [6.45, 7) is 5.21. The molecule has 108 valence electrons. The second kappa shape index (κ2) is 5.59. The summed E-state index contributed by atoms with van der Waals surface area (Å²) in [7, 11) is 0. The summed E-state index contributed by atoms with van der Waals surface area (Å²) in [6, 6.07) is 4.53. The Hall–Kier alpha value is -0.700. The van der Waals surface area contributed by atoms with Crippen molar-refractivity contribution in [2.24, 2.45) is 5.92 Å². The van der Waals surface area contributed by atoms with Gasteiger partial charge < -0.3 is 9.73 Å². The molecule has 0 amide bonds. The Kier molecular flexibility index (Phi) is 3.98. The third kappa shape index (κ3) is 2.83. The lowest BCUT2D eigenvalue weighted by Crippen LogP contribution is -2.16. The molecular formula is C16H19Cl2NO. The minimum atomic E-state index is 0.520. The Bertz CT molecular complexity index is 629. The lowest BCUT2D eigenvalue weighted by molar-refractivity contribution is 0.500. The fraction of sp³-hybridized carbons (Fsp3) is 0.500. The summed E-state index contributed by atoms with van der Waals surface area (Å²) < 4.78 is 6.01. The van der Waals surface area contributed by atoms with Crippen LogP contribution in [0.15, 0.2) is 16.5 Å². The zero-order valence-electron chi connectivity index (χ0n) is 11.8. The fourth-order valence-electron chi connectivity index (χ4n) is 2.50. The molecular weight excluding hydrogens is 293 g/mol. The van der Waals surface area contributed by atoms with Crippen LogP contribution < -0.4 is 5.32 Å². The Morgan fingerprint density at radius 3 is 2.70 bits per heavy atom. The van der Waals surface area contributed by atoms with Gasteiger partial charge in [-0.2, -0.15) is 0 Å². The molecule has 20 heavy (non-hydrogen) atoms.